The molecule has 1 saturated heterocycles. The Morgan fingerprint density at radius 2 is 2.41 bits per heavy atom. The van der Waals surface area contributed by atoms with Crippen molar-refractivity contribution in [1.82, 2.24) is 0 Å². The van der Waals surface area contributed by atoms with E-state index in [1.165, 1.54) is 12.1 Å². The molecule has 0 aliphatic carbocycles. The lowest BCUT2D eigenvalue weighted by molar-refractivity contribution is -0.384. The summed E-state index contributed by atoms with van der Waals surface area (Å²) in [6, 6.07) is 4.41. The SMILES string of the molecule is O=[N+]([O-])c1cc(OCC2CCCO2)ccc1Cl. The highest BCUT2D eigenvalue weighted by Gasteiger charge is 2.17. The molecule has 2 rings (SSSR count). The lowest BCUT2D eigenvalue weighted by atomic mass is 10.2. The van der Waals surface area contributed by atoms with Gasteiger partial charge in [0.2, 0.25) is 0 Å². The first-order chi connectivity index (χ1) is 8.16. The summed E-state index contributed by atoms with van der Waals surface area (Å²) in [5.41, 5.74) is -0.142. The van der Waals surface area contributed by atoms with E-state index in [1.807, 2.05) is 0 Å². The van der Waals surface area contributed by atoms with Crippen molar-refractivity contribution in [2.45, 2.75) is 18.9 Å². The number of ether oxygens (including phenoxy) is 2. The molecule has 5 nitrogen and oxygen atoms in total. The minimum Gasteiger partial charge on any atom is -0.491 e. The Bertz CT molecular complexity index is 418. The standard InChI is InChI=1S/C11H12ClNO4/c12-10-4-3-8(6-11(10)13(14)15)17-7-9-2-1-5-16-9/h3-4,6,9H,1-2,5,7H2. The van der Waals surface area contributed by atoms with Crippen LogP contribution in [0.2, 0.25) is 5.02 Å². The quantitative estimate of drug-likeness (QED) is 0.615. The van der Waals surface area contributed by atoms with Crippen LogP contribution in [0.25, 0.3) is 0 Å². The molecule has 1 atom stereocenters. The highest BCUT2D eigenvalue weighted by Crippen LogP contribution is 2.28. The monoisotopic (exact) mass is 257 g/mol. The zero-order valence-electron chi connectivity index (χ0n) is 9.10. The number of hydrogen-bond acceptors (Lipinski definition) is 4. The van der Waals surface area contributed by atoms with Gasteiger partial charge in [-0.05, 0) is 25.0 Å². The van der Waals surface area contributed by atoms with E-state index in [4.69, 9.17) is 21.1 Å². The predicted molar refractivity (Wildman–Crippen MR) is 62.6 cm³/mol. The van der Waals surface area contributed by atoms with Crippen LogP contribution in [0, 0.1) is 10.1 Å². The van der Waals surface area contributed by atoms with Gasteiger partial charge in [-0.2, -0.15) is 0 Å². The maximum atomic E-state index is 10.7. The van der Waals surface area contributed by atoms with Crippen molar-refractivity contribution in [2.24, 2.45) is 0 Å². The summed E-state index contributed by atoms with van der Waals surface area (Å²) in [4.78, 5) is 10.1. The molecule has 1 aliphatic heterocycles. The van der Waals surface area contributed by atoms with Crippen LogP contribution in [0.15, 0.2) is 18.2 Å². The Hall–Kier alpha value is -1.33. The molecule has 1 unspecified atom stereocenters. The average Bonchev–Trinajstić information content (AvgIpc) is 2.80. The maximum Gasteiger partial charge on any atom is 0.291 e. The lowest BCUT2D eigenvalue weighted by Crippen LogP contribution is -2.16. The van der Waals surface area contributed by atoms with Gasteiger partial charge in [0.25, 0.3) is 5.69 Å². The second-order valence-corrected chi connectivity index (χ2v) is 4.22. The van der Waals surface area contributed by atoms with Crippen molar-refractivity contribution in [3.8, 4) is 5.75 Å². The highest BCUT2D eigenvalue weighted by molar-refractivity contribution is 6.32. The molecule has 0 aromatic heterocycles. The highest BCUT2D eigenvalue weighted by atomic mass is 35.5. The first-order valence-electron chi connectivity index (χ1n) is 5.35. The van der Waals surface area contributed by atoms with Gasteiger partial charge in [-0.15, -0.1) is 0 Å². The summed E-state index contributed by atoms with van der Waals surface area (Å²) in [5.74, 6) is 0.441. The van der Waals surface area contributed by atoms with Crippen LogP contribution in [-0.2, 0) is 4.74 Å². The van der Waals surface area contributed by atoms with E-state index in [2.05, 4.69) is 0 Å². The van der Waals surface area contributed by atoms with Crippen molar-refractivity contribution in [1.29, 1.82) is 0 Å². The van der Waals surface area contributed by atoms with Gasteiger partial charge in [0.1, 0.15) is 17.4 Å². The normalized spacial score (nSPS) is 19.2. The van der Waals surface area contributed by atoms with Crippen LogP contribution in [0.3, 0.4) is 0 Å². The maximum absolute atomic E-state index is 10.7. The van der Waals surface area contributed by atoms with Gasteiger partial charge >= 0.3 is 0 Å². The number of benzene rings is 1. The van der Waals surface area contributed by atoms with E-state index < -0.39 is 4.92 Å². The van der Waals surface area contributed by atoms with Gasteiger partial charge in [-0.3, -0.25) is 10.1 Å². The third-order valence-corrected chi connectivity index (χ3v) is 2.89. The van der Waals surface area contributed by atoms with Gasteiger partial charge < -0.3 is 9.47 Å². The Labute approximate surface area is 103 Å². The molecule has 0 spiro atoms. The Kier molecular flexibility index (Phi) is 3.81. The number of halogens is 1. The van der Waals surface area contributed by atoms with Crippen LogP contribution in [0.1, 0.15) is 12.8 Å². The van der Waals surface area contributed by atoms with Gasteiger partial charge in [0.05, 0.1) is 17.1 Å². The Balaban J connectivity index is 2.00. The molecule has 1 aliphatic rings. The molecule has 0 saturated carbocycles. The van der Waals surface area contributed by atoms with E-state index in [0.29, 0.717) is 12.4 Å². The van der Waals surface area contributed by atoms with Crippen molar-refractivity contribution < 1.29 is 14.4 Å². The lowest BCUT2D eigenvalue weighted by Gasteiger charge is -2.11. The first kappa shape index (κ1) is 12.1. The summed E-state index contributed by atoms with van der Waals surface area (Å²) in [5, 5.41) is 10.8. The fourth-order valence-corrected chi connectivity index (χ4v) is 1.87. The van der Waals surface area contributed by atoms with Crippen molar-refractivity contribution in [3.63, 3.8) is 0 Å². The van der Waals surface area contributed by atoms with Crippen molar-refractivity contribution in [3.05, 3.63) is 33.3 Å². The van der Waals surface area contributed by atoms with E-state index in [0.717, 1.165) is 19.4 Å². The third-order valence-electron chi connectivity index (χ3n) is 2.57. The molecular formula is C11H12ClNO4. The second kappa shape index (κ2) is 5.33. The van der Waals surface area contributed by atoms with Gasteiger partial charge in [0, 0.05) is 6.61 Å². The Morgan fingerprint density at radius 3 is 3.06 bits per heavy atom. The van der Waals surface area contributed by atoms with Gasteiger partial charge in [0.15, 0.2) is 0 Å². The van der Waals surface area contributed by atoms with Crippen LogP contribution < -0.4 is 4.74 Å². The van der Waals surface area contributed by atoms with Crippen LogP contribution in [-0.4, -0.2) is 24.2 Å². The zero-order chi connectivity index (χ0) is 12.3. The predicted octanol–water partition coefficient (Wildman–Crippen LogP) is 2.81. The van der Waals surface area contributed by atoms with Gasteiger partial charge in [-0.25, -0.2) is 0 Å². The third kappa shape index (κ3) is 3.08. The summed E-state index contributed by atoms with van der Waals surface area (Å²) < 4.78 is 10.8. The summed E-state index contributed by atoms with van der Waals surface area (Å²) >= 11 is 5.70. The van der Waals surface area contributed by atoms with E-state index >= 15 is 0 Å². The van der Waals surface area contributed by atoms with E-state index in [9.17, 15) is 10.1 Å². The molecule has 0 radical (unpaired) electrons. The molecule has 1 heterocycles. The molecule has 1 aromatic rings. The number of rotatable bonds is 4. The summed E-state index contributed by atoms with van der Waals surface area (Å²) in [7, 11) is 0. The van der Waals surface area contributed by atoms with Crippen LogP contribution >= 0.6 is 11.6 Å². The van der Waals surface area contributed by atoms with Gasteiger partial charge in [-0.1, -0.05) is 11.6 Å². The summed E-state index contributed by atoms with van der Waals surface area (Å²) in [6.07, 6.45) is 2.09. The van der Waals surface area contributed by atoms with Crippen molar-refractivity contribution >= 4 is 17.3 Å². The van der Waals surface area contributed by atoms with Crippen LogP contribution in [0.5, 0.6) is 5.75 Å². The number of nitro benzene ring substituents is 1. The molecular weight excluding hydrogens is 246 g/mol. The summed E-state index contributed by atoms with van der Waals surface area (Å²) in [6.45, 7) is 1.17. The largest absolute Gasteiger partial charge is 0.491 e. The minimum atomic E-state index is -0.527. The topological polar surface area (TPSA) is 61.6 Å². The molecule has 17 heavy (non-hydrogen) atoms. The smallest absolute Gasteiger partial charge is 0.291 e. The molecule has 92 valence electrons. The second-order valence-electron chi connectivity index (χ2n) is 3.82. The fraction of sp³-hybridized carbons (Fsp3) is 0.455. The molecule has 6 heteroatoms. The van der Waals surface area contributed by atoms with E-state index in [-0.39, 0.29) is 16.8 Å². The zero-order valence-corrected chi connectivity index (χ0v) is 9.85. The number of nitro groups is 1. The fourth-order valence-electron chi connectivity index (χ4n) is 1.69. The average molecular weight is 258 g/mol. The molecule has 1 fully saturated rings. The molecule has 0 N–H and O–H groups in total. The van der Waals surface area contributed by atoms with E-state index in [1.54, 1.807) is 6.07 Å². The number of hydrogen-bond donors (Lipinski definition) is 0. The van der Waals surface area contributed by atoms with Crippen molar-refractivity contribution in [2.75, 3.05) is 13.2 Å². The molecule has 0 bridgehead atoms. The first-order valence-corrected chi connectivity index (χ1v) is 5.73. The number of nitrogens with zero attached hydrogens (tertiary/aromatic N) is 1. The minimum absolute atomic E-state index is 0.0877. The Morgan fingerprint density at radius 1 is 1.59 bits per heavy atom. The molecule has 0 amide bonds. The van der Waals surface area contributed by atoms with Crippen LogP contribution in [0.4, 0.5) is 5.69 Å². The molecule has 1 aromatic carbocycles.